The van der Waals surface area contributed by atoms with Crippen molar-refractivity contribution in [3.8, 4) is 17.0 Å². The van der Waals surface area contributed by atoms with Crippen LogP contribution in [0.15, 0.2) is 78.9 Å². The van der Waals surface area contributed by atoms with Crippen LogP contribution in [0.5, 0.6) is 5.75 Å². The molecule has 0 fully saturated rings. The number of pyridine rings is 1. The van der Waals surface area contributed by atoms with Crippen LogP contribution in [-0.4, -0.2) is 18.0 Å². The summed E-state index contributed by atoms with van der Waals surface area (Å²) in [5, 5.41) is 3.93. The Balaban J connectivity index is 1.81. The quantitative estimate of drug-likeness (QED) is 0.431. The molecule has 0 bridgehead atoms. The molecule has 0 aliphatic rings. The van der Waals surface area contributed by atoms with Gasteiger partial charge in [-0.3, -0.25) is 4.79 Å². The highest BCUT2D eigenvalue weighted by atomic mass is 16.5. The van der Waals surface area contributed by atoms with Crippen LogP contribution < -0.4 is 10.1 Å². The first-order valence-electron chi connectivity index (χ1n) is 10.0. The Labute approximate surface area is 176 Å². The summed E-state index contributed by atoms with van der Waals surface area (Å²) in [6.07, 6.45) is 0. The topological polar surface area (TPSA) is 51.2 Å². The normalized spacial score (nSPS) is 10.9. The van der Waals surface area contributed by atoms with Gasteiger partial charge in [0.15, 0.2) is 0 Å². The summed E-state index contributed by atoms with van der Waals surface area (Å²) in [6.45, 7) is 4.24. The number of fused-ring (bicyclic) bond motifs is 1. The molecule has 0 saturated heterocycles. The molecule has 0 aliphatic carbocycles. The first kappa shape index (κ1) is 19.6. The van der Waals surface area contributed by atoms with Gasteiger partial charge in [-0.2, -0.15) is 0 Å². The van der Waals surface area contributed by atoms with Gasteiger partial charge < -0.3 is 10.1 Å². The summed E-state index contributed by atoms with van der Waals surface area (Å²) >= 11 is 0. The minimum Gasteiger partial charge on any atom is -0.497 e. The summed E-state index contributed by atoms with van der Waals surface area (Å²) in [6, 6.07) is 25.2. The van der Waals surface area contributed by atoms with E-state index in [2.05, 4.69) is 19.2 Å². The number of rotatable bonds is 5. The van der Waals surface area contributed by atoms with Crippen LogP contribution in [-0.2, 0) is 0 Å². The summed E-state index contributed by atoms with van der Waals surface area (Å²) in [7, 11) is 1.64. The average Bonchev–Trinajstić information content (AvgIpc) is 2.78. The smallest absolute Gasteiger partial charge is 0.256 e. The maximum Gasteiger partial charge on any atom is 0.256 e. The number of benzene rings is 3. The highest BCUT2D eigenvalue weighted by molar-refractivity contribution is 6.13. The number of nitrogens with one attached hydrogen (secondary N) is 1. The number of ether oxygens (including phenoxy) is 1. The van der Waals surface area contributed by atoms with Gasteiger partial charge in [0.05, 0.1) is 23.9 Å². The van der Waals surface area contributed by atoms with Gasteiger partial charge in [-0.15, -0.1) is 0 Å². The molecule has 1 N–H and O–H groups in total. The number of hydrogen-bond donors (Lipinski definition) is 1. The largest absolute Gasteiger partial charge is 0.497 e. The molecule has 0 unspecified atom stereocenters. The van der Waals surface area contributed by atoms with Crippen molar-refractivity contribution in [2.75, 3.05) is 12.4 Å². The van der Waals surface area contributed by atoms with Crippen molar-refractivity contribution in [3.63, 3.8) is 0 Å². The molecule has 3 aromatic carbocycles. The fourth-order valence-electron chi connectivity index (χ4n) is 3.60. The van der Waals surface area contributed by atoms with Gasteiger partial charge in [0, 0.05) is 16.6 Å². The molecule has 4 aromatic rings. The third-order valence-electron chi connectivity index (χ3n) is 5.16. The number of carbonyl (C=O) groups excluding carboxylic acids is 1. The third kappa shape index (κ3) is 3.90. The molecule has 0 saturated carbocycles. The first-order chi connectivity index (χ1) is 14.6. The van der Waals surface area contributed by atoms with Crippen molar-refractivity contribution in [1.82, 2.24) is 4.98 Å². The van der Waals surface area contributed by atoms with E-state index in [1.807, 2.05) is 78.9 Å². The lowest BCUT2D eigenvalue weighted by Crippen LogP contribution is -2.14. The second-order valence-electron chi connectivity index (χ2n) is 7.50. The number of aromatic nitrogens is 1. The predicted octanol–water partition coefficient (Wildman–Crippen LogP) is 6.29. The first-order valence-corrected chi connectivity index (χ1v) is 10.0. The Kier molecular flexibility index (Phi) is 5.48. The Morgan fingerprint density at radius 2 is 1.70 bits per heavy atom. The highest BCUT2D eigenvalue weighted by Crippen LogP contribution is 2.29. The highest BCUT2D eigenvalue weighted by Gasteiger charge is 2.16. The van der Waals surface area contributed by atoms with Gasteiger partial charge in [0.25, 0.3) is 5.91 Å². The fourth-order valence-corrected chi connectivity index (χ4v) is 3.60. The SMILES string of the molecule is COc1cccc(-c2cc(C(=O)Nc3ccccc3C(C)C)c3ccccc3n2)c1. The van der Waals surface area contributed by atoms with E-state index < -0.39 is 0 Å². The van der Waals surface area contributed by atoms with E-state index in [9.17, 15) is 4.79 Å². The number of methoxy groups -OCH3 is 1. The van der Waals surface area contributed by atoms with Gasteiger partial charge in [0.1, 0.15) is 5.75 Å². The van der Waals surface area contributed by atoms with E-state index in [1.54, 1.807) is 7.11 Å². The van der Waals surface area contributed by atoms with Gasteiger partial charge >= 0.3 is 0 Å². The van der Waals surface area contributed by atoms with Crippen molar-refractivity contribution in [2.45, 2.75) is 19.8 Å². The lowest BCUT2D eigenvalue weighted by atomic mass is 10.00. The van der Waals surface area contributed by atoms with Crippen molar-refractivity contribution in [3.05, 3.63) is 90.0 Å². The van der Waals surface area contributed by atoms with E-state index in [0.29, 0.717) is 11.5 Å². The van der Waals surface area contributed by atoms with Crippen LogP contribution in [0.25, 0.3) is 22.2 Å². The number of anilines is 1. The standard InChI is InChI=1S/C26H24N2O2/c1-17(2)20-11-4-6-13-23(20)28-26(29)22-16-25(18-9-8-10-19(15-18)30-3)27-24-14-7-5-12-21(22)24/h4-17H,1-3H3,(H,28,29). The van der Waals surface area contributed by atoms with Gasteiger partial charge in [-0.1, -0.05) is 62.4 Å². The zero-order valence-electron chi connectivity index (χ0n) is 17.3. The molecular weight excluding hydrogens is 372 g/mol. The zero-order valence-corrected chi connectivity index (χ0v) is 17.3. The minimum atomic E-state index is -0.147. The molecular formula is C26H24N2O2. The second-order valence-corrected chi connectivity index (χ2v) is 7.50. The van der Waals surface area contributed by atoms with Crippen LogP contribution in [0.1, 0.15) is 35.7 Å². The van der Waals surface area contributed by atoms with Crippen LogP contribution in [0.4, 0.5) is 5.69 Å². The summed E-state index contributed by atoms with van der Waals surface area (Å²) in [5.74, 6) is 0.910. The molecule has 4 nitrogen and oxygen atoms in total. The third-order valence-corrected chi connectivity index (χ3v) is 5.16. The molecule has 0 aliphatic heterocycles. The molecule has 1 amide bonds. The molecule has 0 atom stereocenters. The van der Waals surface area contributed by atoms with E-state index in [0.717, 1.165) is 39.2 Å². The number of para-hydroxylation sites is 2. The Bertz CT molecular complexity index is 1210. The number of amides is 1. The molecule has 0 radical (unpaired) electrons. The van der Waals surface area contributed by atoms with Crippen LogP contribution in [0.3, 0.4) is 0 Å². The van der Waals surface area contributed by atoms with Crippen LogP contribution >= 0.6 is 0 Å². The van der Waals surface area contributed by atoms with E-state index in [1.165, 1.54) is 0 Å². The molecule has 1 aromatic heterocycles. The van der Waals surface area contributed by atoms with Crippen LogP contribution in [0, 0.1) is 0 Å². The summed E-state index contributed by atoms with van der Waals surface area (Å²) < 4.78 is 5.35. The Morgan fingerprint density at radius 3 is 2.50 bits per heavy atom. The summed E-state index contributed by atoms with van der Waals surface area (Å²) in [5.41, 5.74) is 4.95. The molecule has 4 heteroatoms. The average molecular weight is 396 g/mol. The number of carbonyl (C=O) groups is 1. The van der Waals surface area contributed by atoms with Gasteiger partial charge in [0.2, 0.25) is 0 Å². The lowest BCUT2D eigenvalue weighted by molar-refractivity contribution is 0.102. The van der Waals surface area contributed by atoms with Crippen molar-refractivity contribution >= 4 is 22.5 Å². The van der Waals surface area contributed by atoms with Crippen molar-refractivity contribution < 1.29 is 9.53 Å². The van der Waals surface area contributed by atoms with E-state index in [4.69, 9.17) is 9.72 Å². The Hall–Kier alpha value is -3.66. The van der Waals surface area contributed by atoms with Crippen LogP contribution in [0.2, 0.25) is 0 Å². The fraction of sp³-hybridized carbons (Fsp3) is 0.154. The number of hydrogen-bond acceptors (Lipinski definition) is 3. The number of nitrogens with zero attached hydrogens (tertiary/aromatic N) is 1. The predicted molar refractivity (Wildman–Crippen MR) is 122 cm³/mol. The zero-order chi connectivity index (χ0) is 21.1. The van der Waals surface area contributed by atoms with Crippen molar-refractivity contribution in [2.24, 2.45) is 0 Å². The van der Waals surface area contributed by atoms with Crippen molar-refractivity contribution in [1.29, 1.82) is 0 Å². The molecule has 4 rings (SSSR count). The monoisotopic (exact) mass is 396 g/mol. The second kappa shape index (κ2) is 8.37. The summed E-state index contributed by atoms with van der Waals surface area (Å²) in [4.78, 5) is 18.1. The molecule has 150 valence electrons. The van der Waals surface area contributed by atoms with Gasteiger partial charge in [-0.25, -0.2) is 4.98 Å². The molecule has 30 heavy (non-hydrogen) atoms. The maximum atomic E-state index is 13.3. The van der Waals surface area contributed by atoms with E-state index in [-0.39, 0.29) is 5.91 Å². The van der Waals surface area contributed by atoms with Gasteiger partial charge in [-0.05, 0) is 41.8 Å². The maximum absolute atomic E-state index is 13.3. The minimum absolute atomic E-state index is 0.147. The lowest BCUT2D eigenvalue weighted by Gasteiger charge is -2.15. The molecule has 1 heterocycles. The van der Waals surface area contributed by atoms with E-state index >= 15 is 0 Å². The Morgan fingerprint density at radius 1 is 0.933 bits per heavy atom. The molecule has 0 spiro atoms.